The Morgan fingerprint density at radius 3 is 2.66 bits per heavy atom. The summed E-state index contributed by atoms with van der Waals surface area (Å²) in [5.41, 5.74) is 1.16. The summed E-state index contributed by atoms with van der Waals surface area (Å²) in [4.78, 5) is 6.75. The first-order valence-corrected chi connectivity index (χ1v) is 11.1. The van der Waals surface area contributed by atoms with E-state index in [2.05, 4.69) is 39.2 Å². The Kier molecular flexibility index (Phi) is 5.63. The number of hydrogen-bond acceptors (Lipinski definition) is 5. The second-order valence-electron chi connectivity index (χ2n) is 6.99. The normalized spacial score (nSPS) is 17.5. The molecule has 0 spiro atoms. The fourth-order valence-corrected chi connectivity index (χ4v) is 4.67. The van der Waals surface area contributed by atoms with Gasteiger partial charge in [-0.05, 0) is 60.7 Å². The van der Waals surface area contributed by atoms with Gasteiger partial charge >= 0.3 is 16.6 Å². The average Bonchev–Trinajstić information content (AvgIpc) is 3.05. The van der Waals surface area contributed by atoms with Crippen molar-refractivity contribution in [1.29, 1.82) is 0 Å². The van der Waals surface area contributed by atoms with Gasteiger partial charge in [0.15, 0.2) is 0 Å². The number of alkyl halides is 3. The lowest BCUT2D eigenvalue weighted by molar-refractivity contribution is -0.0437. The van der Waals surface area contributed by atoms with Gasteiger partial charge in [0.1, 0.15) is 5.75 Å². The van der Waals surface area contributed by atoms with Crippen LogP contribution < -0.4 is 4.18 Å². The molecule has 3 aromatic rings. The highest BCUT2D eigenvalue weighted by Gasteiger charge is 2.40. The maximum atomic E-state index is 12.5. The number of aromatic nitrogens is 1. The van der Waals surface area contributed by atoms with Crippen molar-refractivity contribution >= 4 is 32.6 Å². The minimum Gasteiger partial charge on any atom is -0.394 e. The zero-order valence-corrected chi connectivity index (χ0v) is 17.2. The van der Waals surface area contributed by atoms with Crippen LogP contribution in [0, 0.1) is 0 Å². The first-order valence-electron chi connectivity index (χ1n) is 9.17. The molecule has 2 heterocycles. The molecule has 0 fully saturated rings. The van der Waals surface area contributed by atoms with Gasteiger partial charge in [0.2, 0.25) is 0 Å². The highest BCUT2D eigenvalue weighted by atomic mass is 32.2. The molecule has 29 heavy (non-hydrogen) atoms. The van der Waals surface area contributed by atoms with E-state index in [1.165, 1.54) is 11.6 Å². The van der Waals surface area contributed by atoms with Crippen molar-refractivity contribution in [3.05, 3.63) is 58.6 Å². The Hall–Kier alpha value is -1.97. The van der Waals surface area contributed by atoms with Crippen LogP contribution >= 0.6 is 11.3 Å². The third-order valence-corrected chi connectivity index (χ3v) is 6.79. The number of nitrogens with zero attached hydrogens (tertiary/aromatic N) is 2. The maximum Gasteiger partial charge on any atom is 0.508 e. The van der Waals surface area contributed by atoms with Crippen molar-refractivity contribution in [3.8, 4) is 5.75 Å². The fourth-order valence-electron chi connectivity index (χ4n) is 3.64. The lowest BCUT2D eigenvalue weighted by Gasteiger charge is -2.28. The summed E-state index contributed by atoms with van der Waals surface area (Å²) in [6.07, 6.45) is 1.48. The maximum absolute atomic E-state index is 12.5. The highest BCUT2D eigenvalue weighted by Crippen LogP contribution is 2.30. The minimum atomic E-state index is -4.89. The molecule has 0 saturated heterocycles. The summed E-state index contributed by atoms with van der Waals surface area (Å²) >= 11 is -1.74. The molecule has 2 atom stereocenters. The van der Waals surface area contributed by atoms with E-state index in [1.54, 1.807) is 23.5 Å². The highest BCUT2D eigenvalue weighted by molar-refractivity contribution is 7.81. The van der Waals surface area contributed by atoms with Crippen LogP contribution in [0.2, 0.25) is 0 Å². The largest absolute Gasteiger partial charge is 0.508 e. The van der Waals surface area contributed by atoms with Crippen LogP contribution in [-0.4, -0.2) is 32.7 Å². The SMILES string of the molecule is CC(c1ccc2scnc2c1)N1CCc2ccc(OS(=O)C(F)(F)F)cc2CC1. The molecular formula is C20H19F3N2O2S2. The molecule has 0 aliphatic carbocycles. The second-order valence-corrected chi connectivity index (χ2v) is 8.97. The predicted octanol–water partition coefficient (Wildman–Crippen LogP) is 5.02. The first kappa shape index (κ1) is 20.3. The Morgan fingerprint density at radius 1 is 1.14 bits per heavy atom. The molecule has 0 N–H and O–H groups in total. The van der Waals surface area contributed by atoms with Crippen LogP contribution in [0.5, 0.6) is 5.75 Å². The Bertz CT molecular complexity index is 1050. The van der Waals surface area contributed by atoms with E-state index in [4.69, 9.17) is 0 Å². The van der Waals surface area contributed by atoms with Crippen LogP contribution in [0.3, 0.4) is 0 Å². The zero-order chi connectivity index (χ0) is 20.6. The predicted molar refractivity (Wildman–Crippen MR) is 108 cm³/mol. The van der Waals surface area contributed by atoms with Crippen LogP contribution in [-0.2, 0) is 23.9 Å². The standard InChI is InChI=1S/C20H19F3N2O2S2/c1-13(15-3-5-19-18(11-15)24-12-28-19)25-8-6-14-2-4-17(10-16(14)7-9-25)27-29(26)20(21,22)23/h2-5,10-13H,6-9H2,1H3. The minimum absolute atomic E-state index is 0.0186. The molecule has 0 radical (unpaired) electrons. The fraction of sp³-hybridized carbons (Fsp3) is 0.350. The zero-order valence-electron chi connectivity index (χ0n) is 15.6. The van der Waals surface area contributed by atoms with Gasteiger partial charge in [0.25, 0.3) is 0 Å². The van der Waals surface area contributed by atoms with Crippen LogP contribution in [0.1, 0.15) is 29.7 Å². The van der Waals surface area contributed by atoms with Crippen LogP contribution in [0.15, 0.2) is 41.9 Å². The lowest BCUT2D eigenvalue weighted by Crippen LogP contribution is -2.29. The Balaban J connectivity index is 1.48. The summed E-state index contributed by atoms with van der Waals surface area (Å²) in [5.74, 6) is -0.0186. The van der Waals surface area contributed by atoms with Crippen molar-refractivity contribution in [2.75, 3.05) is 13.1 Å². The van der Waals surface area contributed by atoms with Crippen molar-refractivity contribution in [2.24, 2.45) is 0 Å². The van der Waals surface area contributed by atoms with Gasteiger partial charge < -0.3 is 4.18 Å². The topological polar surface area (TPSA) is 42.4 Å². The van der Waals surface area contributed by atoms with Gasteiger partial charge in [-0.3, -0.25) is 4.90 Å². The number of benzene rings is 2. The van der Waals surface area contributed by atoms with E-state index in [-0.39, 0.29) is 11.8 Å². The van der Waals surface area contributed by atoms with Gasteiger partial charge in [-0.25, -0.2) is 9.19 Å². The lowest BCUT2D eigenvalue weighted by atomic mass is 10.0. The first-order chi connectivity index (χ1) is 13.8. The monoisotopic (exact) mass is 440 g/mol. The van der Waals surface area contributed by atoms with Crippen LogP contribution in [0.25, 0.3) is 10.2 Å². The molecule has 1 aliphatic rings. The molecule has 4 rings (SSSR count). The molecular weight excluding hydrogens is 421 g/mol. The second kappa shape index (κ2) is 8.04. The van der Waals surface area contributed by atoms with Crippen molar-refractivity contribution in [1.82, 2.24) is 9.88 Å². The summed E-state index contributed by atoms with van der Waals surface area (Å²) in [5, 5.41) is 0. The van der Waals surface area contributed by atoms with E-state index < -0.39 is 16.6 Å². The summed E-state index contributed by atoms with van der Waals surface area (Å²) in [6, 6.07) is 11.3. The molecule has 1 aromatic heterocycles. The molecule has 0 bridgehead atoms. The smallest absolute Gasteiger partial charge is 0.394 e. The van der Waals surface area contributed by atoms with Gasteiger partial charge in [-0.2, -0.15) is 13.2 Å². The Morgan fingerprint density at radius 2 is 1.90 bits per heavy atom. The third kappa shape index (κ3) is 4.46. The van der Waals surface area contributed by atoms with Gasteiger partial charge in [0, 0.05) is 19.1 Å². The molecule has 0 amide bonds. The molecule has 154 valence electrons. The average molecular weight is 441 g/mol. The number of fused-ring (bicyclic) bond motifs is 2. The third-order valence-electron chi connectivity index (χ3n) is 5.26. The molecule has 9 heteroatoms. The molecule has 2 unspecified atom stereocenters. The molecule has 0 saturated carbocycles. The molecule has 2 aromatic carbocycles. The number of rotatable bonds is 4. The summed E-state index contributed by atoms with van der Waals surface area (Å²) in [6.45, 7) is 3.78. The number of thiazole rings is 1. The van der Waals surface area contributed by atoms with Gasteiger partial charge in [-0.1, -0.05) is 12.1 Å². The van der Waals surface area contributed by atoms with Crippen molar-refractivity contribution in [3.63, 3.8) is 0 Å². The van der Waals surface area contributed by atoms with E-state index in [9.17, 15) is 17.4 Å². The molecule has 1 aliphatic heterocycles. The van der Waals surface area contributed by atoms with Gasteiger partial charge in [-0.15, -0.1) is 11.3 Å². The Labute approximate surface area is 173 Å². The molecule has 4 nitrogen and oxygen atoms in total. The van der Waals surface area contributed by atoms with E-state index in [0.29, 0.717) is 6.42 Å². The van der Waals surface area contributed by atoms with E-state index in [0.717, 1.165) is 40.9 Å². The quantitative estimate of drug-likeness (QED) is 0.571. The van der Waals surface area contributed by atoms with E-state index in [1.807, 2.05) is 5.51 Å². The van der Waals surface area contributed by atoms with Gasteiger partial charge in [0.05, 0.1) is 15.7 Å². The summed E-state index contributed by atoms with van der Waals surface area (Å²) < 4.78 is 54.4. The van der Waals surface area contributed by atoms with Crippen molar-refractivity contribution < 1.29 is 21.6 Å². The number of hydrogen-bond donors (Lipinski definition) is 0. The van der Waals surface area contributed by atoms with Crippen LogP contribution in [0.4, 0.5) is 13.2 Å². The number of halogens is 3. The van der Waals surface area contributed by atoms with Crippen molar-refractivity contribution in [2.45, 2.75) is 31.3 Å². The summed E-state index contributed by atoms with van der Waals surface area (Å²) in [7, 11) is 0. The van der Waals surface area contributed by atoms with E-state index >= 15 is 0 Å².